The third kappa shape index (κ3) is 10.0. The Bertz CT molecular complexity index is 3190. The largest absolute Gasteiger partial charge is 0.494 e. The number of nitrogens with zero attached hydrogens (tertiary/aromatic N) is 6. The second kappa shape index (κ2) is 21.1. The summed E-state index contributed by atoms with van der Waals surface area (Å²) in [6, 6.07) is 39.7. The molecule has 8 bridgehead atoms. The normalized spacial score (nSPS) is 17.7. The molecule has 7 heterocycles. The van der Waals surface area contributed by atoms with Crippen molar-refractivity contribution >= 4 is 45.1 Å². The summed E-state index contributed by atoms with van der Waals surface area (Å²) < 4.78 is 6.33. The lowest BCUT2D eigenvalue weighted by molar-refractivity contribution is 0.303. The molecule has 0 amide bonds. The second-order valence-electron chi connectivity index (χ2n) is 18.3. The van der Waals surface area contributed by atoms with E-state index in [1.807, 2.05) is 18.2 Å². The Kier molecular flexibility index (Phi) is 13.4. The molecule has 0 aromatic heterocycles. The van der Waals surface area contributed by atoms with Crippen LogP contribution in [0, 0.1) is 0 Å². The van der Waals surface area contributed by atoms with Crippen LogP contribution in [0.15, 0.2) is 267 Å². The summed E-state index contributed by atoms with van der Waals surface area (Å²) in [7, 11) is 0. The Morgan fingerprint density at radius 2 is 0.704 bits per heavy atom. The van der Waals surface area contributed by atoms with Crippen LogP contribution in [0.2, 0.25) is 0 Å². The highest BCUT2D eigenvalue weighted by Gasteiger charge is 2.27. The zero-order chi connectivity index (χ0) is 47.8. The van der Waals surface area contributed by atoms with Gasteiger partial charge in [0.1, 0.15) is 5.75 Å². The van der Waals surface area contributed by atoms with Gasteiger partial charge in [0.15, 0.2) is 0 Å². The molecule has 7 nitrogen and oxygen atoms in total. The SMILES string of the molecule is CCCCN1C=CC(=C2C=CN(CCCCCCOc3ccc(C4=C5C=CC(=N5)C(c5ccccc5)=C5C=CC(=N5)C(c5ccccc5)=C5C=CC(=N5)C(c5ccccc5)=C5C=CC4=N5)cc3)C=C2)C=C1. The maximum absolute atomic E-state index is 6.33. The average Bonchev–Trinajstić information content (AvgIpc) is 4.29. The van der Waals surface area contributed by atoms with Gasteiger partial charge in [-0.3, -0.25) is 0 Å². The number of unbranched alkanes of at least 4 members (excludes halogenated alkanes) is 4. The van der Waals surface area contributed by atoms with E-state index in [0.717, 1.165) is 135 Å². The first kappa shape index (κ1) is 45.0. The summed E-state index contributed by atoms with van der Waals surface area (Å²) in [5, 5.41) is 0. The van der Waals surface area contributed by atoms with E-state index in [-0.39, 0.29) is 0 Å². The summed E-state index contributed by atoms with van der Waals surface area (Å²) in [5.41, 5.74) is 17.2. The highest BCUT2D eigenvalue weighted by Crippen LogP contribution is 2.39. The van der Waals surface area contributed by atoms with Gasteiger partial charge in [0.25, 0.3) is 0 Å². The number of rotatable bonds is 15. The maximum Gasteiger partial charge on any atom is 0.119 e. The Hall–Kier alpha value is -8.42. The van der Waals surface area contributed by atoms with E-state index in [2.05, 4.69) is 211 Å². The van der Waals surface area contributed by atoms with Crippen LogP contribution < -0.4 is 4.74 Å². The second-order valence-corrected chi connectivity index (χ2v) is 18.3. The number of ether oxygens (including phenoxy) is 1. The van der Waals surface area contributed by atoms with E-state index in [9.17, 15) is 0 Å². The van der Waals surface area contributed by atoms with Crippen molar-refractivity contribution in [1.82, 2.24) is 9.80 Å². The molecule has 0 saturated carbocycles. The fourth-order valence-electron chi connectivity index (χ4n) is 9.68. The standard InChI is InChI=1S/C64H56N6O/c1-2-3-39-69-41-35-46(36-42-69)47-37-43-70(44-38-47)40-15-4-5-16-45-71-52-25-23-51(24-26-52)64-59-33-31-57(67-59)62(49-19-11-7-12-20-49)55-29-27-53(65-55)61(48-17-9-6-10-18-48)54-28-30-56(66-54)63(50-21-13-8-14-22-50)58-32-34-60(64)68-58/h6-14,17-38,41-44H,2-5,15-16,39-40,45H2,1H3. The summed E-state index contributed by atoms with van der Waals surface area (Å²) in [6.07, 6.45) is 41.4. The minimum atomic E-state index is 0.671. The fourth-order valence-corrected chi connectivity index (χ4v) is 9.68. The van der Waals surface area contributed by atoms with E-state index in [4.69, 9.17) is 24.7 Å². The molecule has 7 aliphatic rings. The van der Waals surface area contributed by atoms with Crippen molar-refractivity contribution in [3.05, 3.63) is 269 Å². The van der Waals surface area contributed by atoms with Crippen LogP contribution in [0.5, 0.6) is 5.75 Å². The van der Waals surface area contributed by atoms with Crippen molar-refractivity contribution in [2.75, 3.05) is 19.7 Å². The minimum absolute atomic E-state index is 0.671. The molecule has 71 heavy (non-hydrogen) atoms. The van der Waals surface area contributed by atoms with Gasteiger partial charge >= 0.3 is 0 Å². The summed E-state index contributed by atoms with van der Waals surface area (Å²) in [5.74, 6) is 0.849. The van der Waals surface area contributed by atoms with Gasteiger partial charge in [0, 0.05) is 60.2 Å². The highest BCUT2D eigenvalue weighted by atomic mass is 16.5. The molecular formula is C64H56N6O. The lowest BCUT2D eigenvalue weighted by Gasteiger charge is -2.21. The molecule has 11 rings (SSSR count). The first-order chi connectivity index (χ1) is 35.1. The lowest BCUT2D eigenvalue weighted by atomic mass is 9.98. The predicted octanol–water partition coefficient (Wildman–Crippen LogP) is 14.4. The molecule has 0 atom stereocenters. The molecule has 0 N–H and O–H groups in total. The minimum Gasteiger partial charge on any atom is -0.494 e. The van der Waals surface area contributed by atoms with Crippen LogP contribution >= 0.6 is 0 Å². The van der Waals surface area contributed by atoms with E-state index in [1.54, 1.807) is 0 Å². The van der Waals surface area contributed by atoms with Gasteiger partial charge in [0.2, 0.25) is 0 Å². The quantitative estimate of drug-likeness (QED) is 0.112. The molecule has 0 saturated heterocycles. The van der Waals surface area contributed by atoms with Crippen LogP contribution in [0.1, 0.15) is 67.7 Å². The molecule has 4 aromatic carbocycles. The van der Waals surface area contributed by atoms with Gasteiger partial charge in [-0.15, -0.1) is 0 Å². The molecule has 0 fully saturated rings. The fraction of sp³-hybridized carbons (Fsp3) is 0.156. The molecule has 0 aliphatic carbocycles. The predicted molar refractivity (Wildman–Crippen MR) is 296 cm³/mol. The van der Waals surface area contributed by atoms with E-state index < -0.39 is 0 Å². The monoisotopic (exact) mass is 924 g/mol. The van der Waals surface area contributed by atoms with Crippen molar-refractivity contribution in [2.45, 2.75) is 45.4 Å². The van der Waals surface area contributed by atoms with Crippen molar-refractivity contribution in [1.29, 1.82) is 0 Å². The first-order valence-corrected chi connectivity index (χ1v) is 25.1. The van der Waals surface area contributed by atoms with Gasteiger partial charge in [-0.05, 0) is 138 Å². The van der Waals surface area contributed by atoms with Crippen LogP contribution in [0.3, 0.4) is 0 Å². The third-order valence-corrected chi connectivity index (χ3v) is 13.4. The van der Waals surface area contributed by atoms with Crippen LogP contribution in [0.4, 0.5) is 0 Å². The molecular weight excluding hydrogens is 869 g/mol. The van der Waals surface area contributed by atoms with E-state index >= 15 is 0 Å². The van der Waals surface area contributed by atoms with E-state index in [1.165, 1.54) is 24.0 Å². The van der Waals surface area contributed by atoms with Crippen LogP contribution in [-0.2, 0) is 0 Å². The van der Waals surface area contributed by atoms with Gasteiger partial charge in [-0.2, -0.15) is 0 Å². The average molecular weight is 925 g/mol. The molecule has 0 spiro atoms. The first-order valence-electron chi connectivity index (χ1n) is 25.1. The molecule has 348 valence electrons. The number of aliphatic imine (C=N–C) groups is 4. The number of hydrogen-bond acceptors (Lipinski definition) is 7. The van der Waals surface area contributed by atoms with E-state index in [0.29, 0.717) is 6.61 Å². The Balaban J connectivity index is 0.837. The number of allylic oxidation sites excluding steroid dienone is 18. The topological polar surface area (TPSA) is 65.2 Å². The summed E-state index contributed by atoms with van der Waals surface area (Å²) in [6.45, 7) is 4.99. The van der Waals surface area contributed by atoms with Gasteiger partial charge in [-0.1, -0.05) is 129 Å². The van der Waals surface area contributed by atoms with Crippen LogP contribution in [0.25, 0.3) is 22.3 Å². The zero-order valence-corrected chi connectivity index (χ0v) is 40.2. The van der Waals surface area contributed by atoms with Crippen molar-refractivity contribution < 1.29 is 4.74 Å². The number of hydrogen-bond donors (Lipinski definition) is 0. The maximum atomic E-state index is 6.33. The van der Waals surface area contributed by atoms with Gasteiger partial charge < -0.3 is 14.5 Å². The Morgan fingerprint density at radius 3 is 1.08 bits per heavy atom. The number of fused-ring (bicyclic) bond motifs is 4. The molecule has 0 radical (unpaired) electrons. The van der Waals surface area contributed by atoms with Crippen molar-refractivity contribution in [3.8, 4) is 5.75 Å². The summed E-state index contributed by atoms with van der Waals surface area (Å²) in [4.78, 5) is 26.2. The third-order valence-electron chi connectivity index (χ3n) is 13.4. The van der Waals surface area contributed by atoms with Crippen molar-refractivity contribution in [3.63, 3.8) is 0 Å². The smallest absolute Gasteiger partial charge is 0.119 e. The Labute approximate surface area is 417 Å². The zero-order valence-electron chi connectivity index (χ0n) is 40.2. The molecule has 7 aliphatic heterocycles. The Morgan fingerprint density at radius 1 is 0.352 bits per heavy atom. The summed E-state index contributed by atoms with van der Waals surface area (Å²) >= 11 is 0. The van der Waals surface area contributed by atoms with Crippen LogP contribution in [-0.4, -0.2) is 52.3 Å². The highest BCUT2D eigenvalue weighted by molar-refractivity contribution is 6.39. The molecule has 0 unspecified atom stereocenters. The lowest BCUT2D eigenvalue weighted by Crippen LogP contribution is -2.15. The molecule has 4 aromatic rings. The van der Waals surface area contributed by atoms with Gasteiger partial charge in [-0.25, -0.2) is 20.0 Å². The molecule has 7 heteroatoms. The number of benzene rings is 4. The van der Waals surface area contributed by atoms with Gasteiger partial charge in [0.05, 0.1) is 52.2 Å². The van der Waals surface area contributed by atoms with Crippen molar-refractivity contribution in [2.24, 2.45) is 20.0 Å².